The van der Waals surface area contributed by atoms with Crippen LogP contribution in [0.4, 0.5) is 5.69 Å². The van der Waals surface area contributed by atoms with Crippen molar-refractivity contribution in [2.45, 2.75) is 57.8 Å². The molecular formula is C34H44N6O5. The summed E-state index contributed by atoms with van der Waals surface area (Å²) < 4.78 is 24.3. The van der Waals surface area contributed by atoms with E-state index in [-0.39, 0.29) is 11.7 Å². The number of rotatable bonds is 16. The Morgan fingerprint density at radius 1 is 0.978 bits per heavy atom. The Kier molecular flexibility index (Phi) is 12.7. The summed E-state index contributed by atoms with van der Waals surface area (Å²) >= 11 is 0. The number of nitrogens with one attached hydrogen (secondary N) is 1. The van der Waals surface area contributed by atoms with Crippen molar-refractivity contribution in [2.75, 3.05) is 64.2 Å². The lowest BCUT2D eigenvalue weighted by atomic mass is 10.0. The second kappa shape index (κ2) is 17.6. The first-order chi connectivity index (χ1) is 22.2. The Labute approximate surface area is 265 Å². The van der Waals surface area contributed by atoms with Crippen molar-refractivity contribution in [1.82, 2.24) is 20.3 Å². The molecule has 11 nitrogen and oxygen atoms in total. The lowest BCUT2D eigenvalue weighted by molar-refractivity contribution is -0.117. The number of fused-ring (bicyclic) bond motifs is 1. The summed E-state index contributed by atoms with van der Waals surface area (Å²) in [6.07, 6.45) is 10.9. The van der Waals surface area contributed by atoms with Gasteiger partial charge in [0.2, 0.25) is 0 Å². The van der Waals surface area contributed by atoms with Gasteiger partial charge in [-0.1, -0.05) is 23.4 Å². The van der Waals surface area contributed by atoms with Gasteiger partial charge in [-0.3, -0.25) is 4.79 Å². The molecule has 0 radical (unpaired) electrons. The third-order valence-corrected chi connectivity index (χ3v) is 8.02. The molecular weight excluding hydrogens is 572 g/mol. The van der Waals surface area contributed by atoms with Crippen LogP contribution in [0.1, 0.15) is 49.8 Å². The molecule has 2 aromatic carbocycles. The van der Waals surface area contributed by atoms with Gasteiger partial charge in [0.15, 0.2) is 0 Å². The molecule has 0 bridgehead atoms. The van der Waals surface area contributed by atoms with E-state index in [1.807, 2.05) is 35.1 Å². The summed E-state index contributed by atoms with van der Waals surface area (Å²) in [6.45, 7) is 6.44. The minimum absolute atomic E-state index is 0.0587. The second-order valence-electron chi connectivity index (χ2n) is 11.5. The maximum atomic E-state index is 12.6. The molecule has 3 heterocycles. The molecule has 1 atom stereocenters. The molecule has 2 fully saturated rings. The highest BCUT2D eigenvalue weighted by Gasteiger charge is 2.15. The topological polar surface area (TPSA) is 124 Å². The number of carbonyl (C=O) groups is 1. The van der Waals surface area contributed by atoms with Crippen molar-refractivity contribution >= 4 is 28.4 Å². The van der Waals surface area contributed by atoms with E-state index in [4.69, 9.17) is 18.9 Å². The average Bonchev–Trinajstić information content (AvgIpc) is 3.53. The Morgan fingerprint density at radius 3 is 2.56 bits per heavy atom. The largest absolute Gasteiger partial charge is 0.377 e. The van der Waals surface area contributed by atoms with Gasteiger partial charge >= 0.3 is 0 Å². The number of hydrogen-bond acceptors (Lipinski definition) is 9. The van der Waals surface area contributed by atoms with Gasteiger partial charge in [0.1, 0.15) is 17.3 Å². The molecule has 2 saturated heterocycles. The molecule has 0 saturated carbocycles. The van der Waals surface area contributed by atoms with Crippen molar-refractivity contribution in [3.63, 3.8) is 0 Å². The maximum absolute atomic E-state index is 12.6. The quantitative estimate of drug-likeness (QED) is 0.143. The highest BCUT2D eigenvalue weighted by Crippen LogP contribution is 2.26. The van der Waals surface area contributed by atoms with E-state index in [0.717, 1.165) is 61.1 Å². The van der Waals surface area contributed by atoms with Gasteiger partial charge in [-0.15, -0.1) is 5.10 Å². The van der Waals surface area contributed by atoms with Gasteiger partial charge in [0, 0.05) is 31.9 Å². The summed E-state index contributed by atoms with van der Waals surface area (Å²) in [4.78, 5) is 15.0. The number of carbonyl (C=O) groups excluding carboxylic acids is 1. The van der Waals surface area contributed by atoms with Gasteiger partial charge in [-0.05, 0) is 79.1 Å². The van der Waals surface area contributed by atoms with Gasteiger partial charge in [0.05, 0.1) is 58.5 Å². The number of ether oxygens (including phenoxy) is 4. The number of piperidine rings is 1. The van der Waals surface area contributed by atoms with E-state index in [9.17, 15) is 10.1 Å². The smallest absolute Gasteiger partial charge is 0.262 e. The van der Waals surface area contributed by atoms with E-state index in [0.29, 0.717) is 46.2 Å². The van der Waals surface area contributed by atoms with Crippen molar-refractivity contribution in [3.8, 4) is 6.07 Å². The number of anilines is 1. The van der Waals surface area contributed by atoms with Gasteiger partial charge in [0.25, 0.3) is 5.91 Å². The first kappa shape index (κ1) is 32.6. The zero-order valence-electron chi connectivity index (χ0n) is 26.0. The third-order valence-electron chi connectivity index (χ3n) is 8.02. The van der Waals surface area contributed by atoms with Gasteiger partial charge in [-0.25, -0.2) is 4.68 Å². The fourth-order valence-corrected chi connectivity index (χ4v) is 5.61. The summed E-state index contributed by atoms with van der Waals surface area (Å²) in [5.41, 5.74) is 2.90. The van der Waals surface area contributed by atoms with Gasteiger partial charge < -0.3 is 29.2 Å². The van der Waals surface area contributed by atoms with Crippen LogP contribution in [0.2, 0.25) is 0 Å². The predicted octanol–water partition coefficient (Wildman–Crippen LogP) is 4.26. The molecule has 0 spiro atoms. The first-order valence-electron chi connectivity index (χ1n) is 16.1. The molecule has 1 N–H and O–H groups in total. The summed E-state index contributed by atoms with van der Waals surface area (Å²) in [7, 11) is 0. The normalized spacial score (nSPS) is 17.4. The summed E-state index contributed by atoms with van der Waals surface area (Å²) in [5.74, 6) is -0.419. The number of benzene rings is 2. The number of hydrogen-bond donors (Lipinski definition) is 1. The molecule has 1 aromatic heterocycles. The summed E-state index contributed by atoms with van der Waals surface area (Å²) in [6, 6.07) is 14.5. The third kappa shape index (κ3) is 10.4. The molecule has 1 amide bonds. The molecule has 240 valence electrons. The number of nitrogens with zero attached hydrogens (tertiary/aromatic N) is 5. The minimum atomic E-state index is -0.419. The zero-order valence-corrected chi connectivity index (χ0v) is 26.0. The van der Waals surface area contributed by atoms with Crippen LogP contribution in [-0.4, -0.2) is 86.3 Å². The van der Waals surface area contributed by atoms with Crippen molar-refractivity contribution < 1.29 is 23.7 Å². The van der Waals surface area contributed by atoms with Crippen LogP contribution >= 0.6 is 0 Å². The van der Waals surface area contributed by atoms with Crippen LogP contribution in [0.5, 0.6) is 0 Å². The second-order valence-corrected chi connectivity index (χ2v) is 11.5. The van der Waals surface area contributed by atoms with Crippen LogP contribution in [0.15, 0.2) is 48.2 Å². The Hall–Kier alpha value is -3.82. The highest BCUT2D eigenvalue weighted by molar-refractivity contribution is 6.02. The standard InChI is InChI=1S/C34H44N6O5/c35-23-30(21-27-7-8-29-22-32(10-9-28(29)20-27)39-12-3-1-4-13-39)34(41)36-11-15-42-16-17-43-18-19-44-26-31-24-40(38-37-31)25-33-6-2-5-14-45-33/h7-10,20-22,24,33H,1-6,11-19,25-26H2,(H,36,41)/b30-21+/t33-/m1/s1. The minimum Gasteiger partial charge on any atom is -0.377 e. The van der Waals surface area contributed by atoms with E-state index in [2.05, 4.69) is 38.7 Å². The highest BCUT2D eigenvalue weighted by atomic mass is 16.5. The van der Waals surface area contributed by atoms with E-state index in [1.165, 1.54) is 31.4 Å². The zero-order chi connectivity index (χ0) is 31.1. The molecule has 0 aliphatic carbocycles. The van der Waals surface area contributed by atoms with Crippen molar-refractivity contribution in [2.24, 2.45) is 0 Å². The molecule has 11 heteroatoms. The van der Waals surface area contributed by atoms with Crippen LogP contribution in [0.25, 0.3) is 16.8 Å². The Balaban J connectivity index is 0.921. The van der Waals surface area contributed by atoms with E-state index < -0.39 is 5.91 Å². The average molecular weight is 617 g/mol. The lowest BCUT2D eigenvalue weighted by Gasteiger charge is -2.29. The molecule has 2 aliphatic heterocycles. The van der Waals surface area contributed by atoms with Crippen LogP contribution in [0.3, 0.4) is 0 Å². The lowest BCUT2D eigenvalue weighted by Crippen LogP contribution is -2.29. The predicted molar refractivity (Wildman–Crippen MR) is 172 cm³/mol. The maximum Gasteiger partial charge on any atom is 0.262 e. The van der Waals surface area contributed by atoms with E-state index in [1.54, 1.807) is 6.08 Å². The SMILES string of the molecule is N#C/C(=C\c1ccc2cc(N3CCCCC3)ccc2c1)C(=O)NCCOCCOCCOCc1cn(C[C@H]2CCCCO2)nn1. The summed E-state index contributed by atoms with van der Waals surface area (Å²) in [5, 5.41) is 22.9. The fraction of sp³-hybridized carbons (Fsp3) is 0.529. The number of aromatic nitrogens is 3. The van der Waals surface area contributed by atoms with E-state index >= 15 is 0 Å². The van der Waals surface area contributed by atoms with Crippen LogP contribution in [-0.2, 0) is 36.9 Å². The fourth-order valence-electron chi connectivity index (χ4n) is 5.61. The molecule has 5 rings (SSSR count). The monoisotopic (exact) mass is 616 g/mol. The Bertz CT molecular complexity index is 1440. The van der Waals surface area contributed by atoms with Crippen molar-refractivity contribution in [3.05, 3.63) is 59.4 Å². The molecule has 0 unspecified atom stereocenters. The number of amides is 1. The molecule has 45 heavy (non-hydrogen) atoms. The van der Waals surface area contributed by atoms with Crippen LogP contribution < -0.4 is 10.2 Å². The number of nitriles is 1. The Morgan fingerprint density at radius 2 is 1.76 bits per heavy atom. The molecule has 3 aromatic rings. The van der Waals surface area contributed by atoms with Crippen LogP contribution in [0, 0.1) is 11.3 Å². The first-order valence-corrected chi connectivity index (χ1v) is 16.1. The molecule has 2 aliphatic rings. The van der Waals surface area contributed by atoms with Gasteiger partial charge in [-0.2, -0.15) is 5.26 Å². The van der Waals surface area contributed by atoms with Crippen molar-refractivity contribution in [1.29, 1.82) is 5.26 Å².